The zero-order valence-electron chi connectivity index (χ0n) is 11.5. The number of sulfonamides is 1. The molecule has 0 saturated carbocycles. The third-order valence-corrected chi connectivity index (χ3v) is 5.00. The van der Waals surface area contributed by atoms with Crippen LogP contribution in [-0.4, -0.2) is 31.3 Å². The standard InChI is InChI=1S/C14H16FN3O2S/c1-18(9-7-12-4-2-3-8-17-12)21(19,20)14-6-5-11(15)10-13(14)16/h2-6,8,10H,7,9,16H2,1H3. The molecule has 0 aliphatic heterocycles. The molecule has 0 aliphatic rings. The summed E-state index contributed by atoms with van der Waals surface area (Å²) in [5.74, 6) is -0.567. The molecule has 0 amide bonds. The maximum atomic E-state index is 13.0. The molecule has 0 saturated heterocycles. The number of likely N-dealkylation sites (N-methyl/N-ethyl adjacent to an activating group) is 1. The van der Waals surface area contributed by atoms with Crippen LogP contribution in [0.2, 0.25) is 0 Å². The van der Waals surface area contributed by atoms with E-state index in [1.54, 1.807) is 12.3 Å². The van der Waals surface area contributed by atoms with Crippen LogP contribution in [0.25, 0.3) is 0 Å². The summed E-state index contributed by atoms with van der Waals surface area (Å²) in [6.45, 7) is 0.260. The second-order valence-electron chi connectivity index (χ2n) is 4.58. The SMILES string of the molecule is CN(CCc1ccccn1)S(=O)(=O)c1ccc(F)cc1N. The molecule has 0 radical (unpaired) electrons. The van der Waals surface area contributed by atoms with Gasteiger partial charge >= 0.3 is 0 Å². The minimum atomic E-state index is -3.74. The van der Waals surface area contributed by atoms with Gasteiger partial charge in [0.25, 0.3) is 0 Å². The molecule has 7 heteroatoms. The molecule has 5 nitrogen and oxygen atoms in total. The van der Waals surface area contributed by atoms with Crippen molar-refractivity contribution in [3.05, 3.63) is 54.1 Å². The van der Waals surface area contributed by atoms with Gasteiger partial charge in [0, 0.05) is 31.9 Å². The molecule has 0 unspecified atom stereocenters. The Kier molecular flexibility index (Phi) is 4.54. The van der Waals surface area contributed by atoms with E-state index in [1.165, 1.54) is 17.4 Å². The highest BCUT2D eigenvalue weighted by molar-refractivity contribution is 7.89. The van der Waals surface area contributed by atoms with Gasteiger partial charge in [-0.1, -0.05) is 6.07 Å². The van der Waals surface area contributed by atoms with Crippen LogP contribution >= 0.6 is 0 Å². The first-order valence-electron chi connectivity index (χ1n) is 6.32. The molecule has 21 heavy (non-hydrogen) atoms. The van der Waals surface area contributed by atoms with Crippen molar-refractivity contribution >= 4 is 15.7 Å². The van der Waals surface area contributed by atoms with Crippen LogP contribution in [0.3, 0.4) is 0 Å². The third kappa shape index (κ3) is 3.56. The summed E-state index contributed by atoms with van der Waals surface area (Å²) in [6, 6.07) is 8.72. The molecule has 1 aromatic carbocycles. The van der Waals surface area contributed by atoms with Crippen LogP contribution in [0, 0.1) is 5.82 Å². The van der Waals surface area contributed by atoms with E-state index in [9.17, 15) is 12.8 Å². The number of nitrogens with zero attached hydrogens (tertiary/aromatic N) is 2. The lowest BCUT2D eigenvalue weighted by Crippen LogP contribution is -2.29. The molecule has 0 aliphatic carbocycles. The van der Waals surface area contributed by atoms with E-state index < -0.39 is 15.8 Å². The fourth-order valence-electron chi connectivity index (χ4n) is 1.86. The highest BCUT2D eigenvalue weighted by Gasteiger charge is 2.23. The highest BCUT2D eigenvalue weighted by atomic mass is 32.2. The molecule has 1 aromatic heterocycles. The normalized spacial score (nSPS) is 11.8. The van der Waals surface area contributed by atoms with E-state index in [4.69, 9.17) is 5.73 Å². The number of nitrogen functional groups attached to an aromatic ring is 1. The van der Waals surface area contributed by atoms with Crippen LogP contribution in [0.5, 0.6) is 0 Å². The summed E-state index contributed by atoms with van der Waals surface area (Å²) in [4.78, 5) is 4.05. The number of aromatic nitrogens is 1. The topological polar surface area (TPSA) is 76.3 Å². The highest BCUT2D eigenvalue weighted by Crippen LogP contribution is 2.22. The summed E-state index contributed by atoms with van der Waals surface area (Å²) in [5, 5.41) is 0. The fraction of sp³-hybridized carbons (Fsp3) is 0.214. The Morgan fingerprint density at radius 1 is 1.29 bits per heavy atom. The minimum Gasteiger partial charge on any atom is -0.398 e. The van der Waals surface area contributed by atoms with Crippen LogP contribution in [0.1, 0.15) is 5.69 Å². The first-order chi connectivity index (χ1) is 9.91. The van der Waals surface area contributed by atoms with E-state index in [-0.39, 0.29) is 17.1 Å². The van der Waals surface area contributed by atoms with Crippen molar-refractivity contribution in [2.24, 2.45) is 0 Å². The number of hydrogen-bond donors (Lipinski definition) is 1. The van der Waals surface area contributed by atoms with Gasteiger partial charge in [-0.25, -0.2) is 17.1 Å². The van der Waals surface area contributed by atoms with Gasteiger partial charge in [-0.2, -0.15) is 0 Å². The summed E-state index contributed by atoms with van der Waals surface area (Å²) in [6.07, 6.45) is 2.14. The van der Waals surface area contributed by atoms with Gasteiger partial charge in [0.1, 0.15) is 10.7 Å². The molecule has 0 atom stereocenters. The first-order valence-corrected chi connectivity index (χ1v) is 7.76. The predicted molar refractivity (Wildman–Crippen MR) is 78.6 cm³/mol. The Bertz CT molecular complexity index is 720. The van der Waals surface area contributed by atoms with Gasteiger partial charge in [-0.05, 0) is 30.3 Å². The van der Waals surface area contributed by atoms with Crippen molar-refractivity contribution in [3.8, 4) is 0 Å². The van der Waals surface area contributed by atoms with Crippen molar-refractivity contribution < 1.29 is 12.8 Å². The maximum absolute atomic E-state index is 13.0. The minimum absolute atomic E-state index is 0.0904. The zero-order valence-corrected chi connectivity index (χ0v) is 12.3. The number of rotatable bonds is 5. The quantitative estimate of drug-likeness (QED) is 0.852. The molecule has 0 bridgehead atoms. The van der Waals surface area contributed by atoms with Crippen LogP contribution in [-0.2, 0) is 16.4 Å². The smallest absolute Gasteiger partial charge is 0.244 e. The van der Waals surface area contributed by atoms with E-state index in [0.29, 0.717) is 6.42 Å². The summed E-state index contributed by atoms with van der Waals surface area (Å²) in [7, 11) is -2.28. The summed E-state index contributed by atoms with van der Waals surface area (Å²) >= 11 is 0. The molecule has 0 fully saturated rings. The van der Waals surface area contributed by atoms with Gasteiger partial charge in [0.2, 0.25) is 10.0 Å². The third-order valence-electron chi connectivity index (χ3n) is 3.07. The number of nitrogens with two attached hydrogens (primary N) is 1. The zero-order chi connectivity index (χ0) is 15.5. The molecule has 1 heterocycles. The van der Waals surface area contributed by atoms with E-state index in [2.05, 4.69) is 4.98 Å². The number of halogens is 1. The largest absolute Gasteiger partial charge is 0.398 e. The maximum Gasteiger partial charge on any atom is 0.244 e. The van der Waals surface area contributed by atoms with Gasteiger partial charge < -0.3 is 5.73 Å². The van der Waals surface area contributed by atoms with Gasteiger partial charge in [-0.15, -0.1) is 0 Å². The summed E-state index contributed by atoms with van der Waals surface area (Å²) in [5.41, 5.74) is 6.29. The second kappa shape index (κ2) is 6.19. The predicted octanol–water partition coefficient (Wildman–Crippen LogP) is 1.67. The van der Waals surface area contributed by atoms with Crippen molar-refractivity contribution in [3.63, 3.8) is 0 Å². The van der Waals surface area contributed by atoms with Crippen molar-refractivity contribution in [2.75, 3.05) is 19.3 Å². The van der Waals surface area contributed by atoms with Gasteiger partial charge in [0.05, 0.1) is 5.69 Å². The average Bonchev–Trinajstić information content (AvgIpc) is 2.45. The Hall–Kier alpha value is -1.99. The first kappa shape index (κ1) is 15.4. The Balaban J connectivity index is 2.15. The molecule has 2 N–H and O–H groups in total. The fourth-order valence-corrected chi connectivity index (χ4v) is 3.12. The monoisotopic (exact) mass is 309 g/mol. The van der Waals surface area contributed by atoms with Gasteiger partial charge in [-0.3, -0.25) is 4.98 Å². The number of hydrogen-bond acceptors (Lipinski definition) is 4. The molecule has 2 rings (SSSR count). The average molecular weight is 309 g/mol. The van der Waals surface area contributed by atoms with E-state index in [0.717, 1.165) is 17.8 Å². The lowest BCUT2D eigenvalue weighted by Gasteiger charge is -2.18. The van der Waals surface area contributed by atoms with Crippen LogP contribution in [0.15, 0.2) is 47.5 Å². The summed E-state index contributed by atoms with van der Waals surface area (Å²) < 4.78 is 39.0. The van der Waals surface area contributed by atoms with Gasteiger partial charge in [0.15, 0.2) is 0 Å². The number of benzene rings is 1. The van der Waals surface area contributed by atoms with Crippen molar-refractivity contribution in [1.82, 2.24) is 9.29 Å². The lowest BCUT2D eigenvalue weighted by atomic mass is 10.3. The number of anilines is 1. The van der Waals surface area contributed by atoms with E-state index in [1.807, 2.05) is 12.1 Å². The second-order valence-corrected chi connectivity index (χ2v) is 6.59. The van der Waals surface area contributed by atoms with Crippen LogP contribution in [0.4, 0.5) is 10.1 Å². The van der Waals surface area contributed by atoms with Crippen molar-refractivity contribution in [1.29, 1.82) is 0 Å². The van der Waals surface area contributed by atoms with Crippen LogP contribution < -0.4 is 5.73 Å². The Labute approximate surface area is 123 Å². The molecular weight excluding hydrogens is 293 g/mol. The molecule has 0 spiro atoms. The Morgan fingerprint density at radius 2 is 2.05 bits per heavy atom. The molecule has 112 valence electrons. The molecule has 2 aromatic rings. The number of pyridine rings is 1. The molecular formula is C14H16FN3O2S. The Morgan fingerprint density at radius 3 is 2.67 bits per heavy atom. The van der Waals surface area contributed by atoms with E-state index >= 15 is 0 Å². The van der Waals surface area contributed by atoms with Crippen molar-refractivity contribution in [2.45, 2.75) is 11.3 Å². The lowest BCUT2D eigenvalue weighted by molar-refractivity contribution is 0.471.